The van der Waals surface area contributed by atoms with E-state index in [2.05, 4.69) is 276 Å². The van der Waals surface area contributed by atoms with Gasteiger partial charge in [-0.25, -0.2) is 4.85 Å². The minimum atomic E-state index is 0.391. The molecule has 6 heteroatoms. The molecule has 4 heterocycles. The van der Waals surface area contributed by atoms with E-state index < -0.39 is 0 Å². The molecule has 0 unspecified atom stereocenters. The molecule has 13 aromatic carbocycles. The van der Waals surface area contributed by atoms with Gasteiger partial charge in [0.1, 0.15) is 6.07 Å². The van der Waals surface area contributed by atoms with Gasteiger partial charge in [0.25, 0.3) is 0 Å². The molecule has 17 aromatic rings. The Kier molecular flexibility index (Phi) is 11.4. The average Bonchev–Trinajstić information content (AvgIpc) is 1.55. The van der Waals surface area contributed by atoms with E-state index in [0.29, 0.717) is 28.2 Å². The van der Waals surface area contributed by atoms with Crippen LogP contribution in [0.2, 0.25) is 0 Å². The van der Waals surface area contributed by atoms with E-state index in [1.54, 1.807) is 0 Å². The SMILES string of the molecule is [C-]#[N+]c1c(-c2ccccc2)c(C#N)c(-n2c3c(cc(-c4ccccc4)c4c5ccccc5sc43)c3cc(-c4ccccc4)c4c5ccccc5sc4c32)c(-c2ccccc2)c1-n1c2cc(-c3ccccc3)ccc2c2ccc(-c3ccccc3)cc21. The first-order valence-electron chi connectivity index (χ1n) is 28.8. The molecular formula is C80H46N4S2. The van der Waals surface area contributed by atoms with E-state index in [1.807, 2.05) is 40.9 Å². The number of rotatable bonds is 8. The second-order valence-corrected chi connectivity index (χ2v) is 24.1. The molecule has 0 aliphatic carbocycles. The fraction of sp³-hybridized carbons (Fsp3) is 0. The standard InChI is InChI=1S/C80H46N4S2/c1-82-74-70(53-32-16-6-17-33-53)65(48-81)75(71(54-34-18-7-19-35-54)78(74)83-66-44-55(49-24-8-2-9-25-49)40-42-57(66)58-43-41-56(45-67(58)83)50-26-10-3-11-27-50)84-76-63(46-61(51-28-12-4-13-29-51)72-59-36-20-22-38-68(59)85-79(72)76)64-47-62(52-30-14-5-15-31-52)73-60-37-21-23-39-69(60)86-80(73)77(64)84/h2-47H. The van der Waals surface area contributed by atoms with Gasteiger partial charge >= 0.3 is 0 Å². The first kappa shape index (κ1) is 49.5. The van der Waals surface area contributed by atoms with Crippen molar-refractivity contribution in [2.75, 3.05) is 0 Å². The second-order valence-electron chi connectivity index (χ2n) is 22.0. The number of nitriles is 1. The lowest BCUT2D eigenvalue weighted by Crippen LogP contribution is -2.09. The van der Waals surface area contributed by atoms with Crippen molar-refractivity contribution in [3.8, 4) is 84.2 Å². The quantitative estimate of drug-likeness (QED) is 0.140. The normalized spacial score (nSPS) is 11.7. The molecule has 0 saturated carbocycles. The van der Waals surface area contributed by atoms with E-state index in [9.17, 15) is 11.8 Å². The number of nitrogens with zero attached hydrogens (tertiary/aromatic N) is 4. The highest BCUT2D eigenvalue weighted by molar-refractivity contribution is 7.27. The summed E-state index contributed by atoms with van der Waals surface area (Å²) in [5, 5.41) is 21.6. The van der Waals surface area contributed by atoms with Gasteiger partial charge in [0, 0.05) is 63.6 Å². The highest BCUT2D eigenvalue weighted by Gasteiger charge is 2.34. The summed E-state index contributed by atoms with van der Waals surface area (Å²) >= 11 is 3.62. The number of fused-ring (bicyclic) bond motifs is 14. The fourth-order valence-electron chi connectivity index (χ4n) is 13.7. The minimum absolute atomic E-state index is 0.391. The van der Waals surface area contributed by atoms with E-state index in [-0.39, 0.29) is 0 Å². The number of benzene rings is 13. The van der Waals surface area contributed by atoms with Gasteiger partial charge in [-0.1, -0.05) is 243 Å². The molecule has 0 aliphatic heterocycles. The Morgan fingerprint density at radius 2 is 0.721 bits per heavy atom. The van der Waals surface area contributed by atoms with Gasteiger partial charge in [0.05, 0.1) is 55.0 Å². The molecule has 17 rings (SSSR count). The zero-order valence-electron chi connectivity index (χ0n) is 46.2. The molecule has 4 nitrogen and oxygen atoms in total. The maximum atomic E-state index is 12.7. The first-order chi connectivity index (χ1) is 42.6. The van der Waals surface area contributed by atoms with Crippen molar-refractivity contribution < 1.29 is 0 Å². The molecular weight excluding hydrogens is 1080 g/mol. The lowest BCUT2D eigenvalue weighted by Gasteiger charge is -2.26. The molecule has 0 N–H and O–H groups in total. The molecule has 86 heavy (non-hydrogen) atoms. The number of hydrogen-bond acceptors (Lipinski definition) is 3. The Morgan fingerprint density at radius 1 is 0.337 bits per heavy atom. The molecule has 0 aliphatic rings. The van der Waals surface area contributed by atoms with Crippen molar-refractivity contribution >= 4 is 112 Å². The summed E-state index contributed by atoms with van der Waals surface area (Å²) in [6.07, 6.45) is 0. The van der Waals surface area contributed by atoms with Crippen molar-refractivity contribution in [1.29, 1.82) is 5.26 Å². The van der Waals surface area contributed by atoms with E-state index in [4.69, 9.17) is 4.85 Å². The van der Waals surface area contributed by atoms with Crippen molar-refractivity contribution in [3.63, 3.8) is 0 Å². The molecule has 0 atom stereocenters. The van der Waals surface area contributed by atoms with E-state index in [0.717, 1.165) is 125 Å². The van der Waals surface area contributed by atoms with Crippen molar-refractivity contribution in [2.45, 2.75) is 0 Å². The zero-order valence-corrected chi connectivity index (χ0v) is 47.8. The molecule has 0 radical (unpaired) electrons. The molecule has 0 amide bonds. The van der Waals surface area contributed by atoms with E-state index >= 15 is 0 Å². The number of thiophene rings is 2. The Balaban J connectivity index is 1.17. The third-order valence-electron chi connectivity index (χ3n) is 17.4. The molecule has 4 aromatic heterocycles. The number of aromatic nitrogens is 2. The Hall–Kier alpha value is -11.1. The number of hydrogen-bond donors (Lipinski definition) is 0. The summed E-state index contributed by atoms with van der Waals surface area (Å²) < 4.78 is 9.44. The van der Waals surface area contributed by atoms with Crippen LogP contribution in [0.1, 0.15) is 5.56 Å². The smallest absolute Gasteiger partial charge is 0.220 e. The van der Waals surface area contributed by atoms with Gasteiger partial charge < -0.3 is 9.13 Å². The van der Waals surface area contributed by atoms with Crippen LogP contribution >= 0.6 is 22.7 Å². The van der Waals surface area contributed by atoms with Crippen LogP contribution < -0.4 is 0 Å². The van der Waals surface area contributed by atoms with Crippen LogP contribution in [0, 0.1) is 17.9 Å². The summed E-state index contributed by atoms with van der Waals surface area (Å²) in [6, 6.07) is 102. The monoisotopic (exact) mass is 1130 g/mol. The molecule has 0 bridgehead atoms. The van der Waals surface area contributed by atoms with Crippen LogP contribution in [0.3, 0.4) is 0 Å². The van der Waals surface area contributed by atoms with Gasteiger partial charge in [0.2, 0.25) is 5.69 Å². The van der Waals surface area contributed by atoms with Gasteiger partial charge in [-0.15, -0.1) is 22.7 Å². The van der Waals surface area contributed by atoms with Gasteiger partial charge in [-0.05, 0) is 92.0 Å². The third-order valence-corrected chi connectivity index (χ3v) is 19.7. The molecule has 0 spiro atoms. The Morgan fingerprint density at radius 3 is 1.14 bits per heavy atom. The maximum Gasteiger partial charge on any atom is 0.220 e. The van der Waals surface area contributed by atoms with Crippen LogP contribution in [0.5, 0.6) is 0 Å². The van der Waals surface area contributed by atoms with E-state index in [1.165, 1.54) is 20.2 Å². The minimum Gasteiger partial charge on any atom is -0.318 e. The maximum absolute atomic E-state index is 12.7. The van der Waals surface area contributed by atoms with Crippen molar-refractivity contribution in [2.24, 2.45) is 0 Å². The first-order valence-corrected chi connectivity index (χ1v) is 30.5. The molecule has 0 fully saturated rings. The topological polar surface area (TPSA) is 38.0 Å². The van der Waals surface area contributed by atoms with Crippen LogP contribution in [-0.4, -0.2) is 9.13 Å². The van der Waals surface area contributed by atoms with Crippen molar-refractivity contribution in [1.82, 2.24) is 9.13 Å². The summed E-state index contributed by atoms with van der Waals surface area (Å²) in [4.78, 5) is 4.74. The summed E-state index contributed by atoms with van der Waals surface area (Å²) in [6.45, 7) is 9.73. The summed E-state index contributed by atoms with van der Waals surface area (Å²) in [5.41, 5.74) is 18.0. The average molecular weight is 1130 g/mol. The molecule has 0 saturated heterocycles. The summed E-state index contributed by atoms with van der Waals surface area (Å²) in [7, 11) is 0. The zero-order chi connectivity index (χ0) is 57.0. The van der Waals surface area contributed by atoms with Crippen LogP contribution in [-0.2, 0) is 0 Å². The lowest BCUT2D eigenvalue weighted by atomic mass is 9.88. The predicted octanol–water partition coefficient (Wildman–Crippen LogP) is 23.0. The summed E-state index contributed by atoms with van der Waals surface area (Å²) in [5.74, 6) is 0. The van der Waals surface area contributed by atoms with Crippen LogP contribution in [0.25, 0.3) is 167 Å². The van der Waals surface area contributed by atoms with Crippen molar-refractivity contribution in [3.05, 3.63) is 296 Å². The predicted molar refractivity (Wildman–Crippen MR) is 364 cm³/mol. The van der Waals surface area contributed by atoms with Crippen LogP contribution in [0.4, 0.5) is 5.69 Å². The second kappa shape index (κ2) is 19.8. The fourth-order valence-corrected chi connectivity index (χ4v) is 16.2. The lowest BCUT2D eigenvalue weighted by molar-refractivity contribution is 1.14. The largest absolute Gasteiger partial charge is 0.318 e. The highest BCUT2D eigenvalue weighted by Crippen LogP contribution is 2.57. The van der Waals surface area contributed by atoms with Gasteiger partial charge in [0.15, 0.2) is 0 Å². The Labute approximate surface area is 503 Å². The Bertz CT molecular complexity index is 5420. The highest BCUT2D eigenvalue weighted by atomic mass is 32.1. The third kappa shape index (κ3) is 7.45. The van der Waals surface area contributed by atoms with Gasteiger partial charge in [-0.2, -0.15) is 5.26 Å². The van der Waals surface area contributed by atoms with Crippen LogP contribution in [0.15, 0.2) is 279 Å². The van der Waals surface area contributed by atoms with Gasteiger partial charge in [-0.3, -0.25) is 0 Å². The molecule has 398 valence electrons.